The molecule has 0 saturated carbocycles. The molecule has 0 aromatic heterocycles. The molecule has 0 aliphatic rings. The van der Waals surface area contributed by atoms with Gasteiger partial charge in [0.25, 0.3) is 0 Å². The zero-order chi connectivity index (χ0) is 16.5. The summed E-state index contributed by atoms with van der Waals surface area (Å²) in [4.78, 5) is 16.2. The highest BCUT2D eigenvalue weighted by Gasteiger charge is 2.18. The Morgan fingerprint density at radius 3 is 2.82 bits per heavy atom. The predicted molar refractivity (Wildman–Crippen MR) is 89.9 cm³/mol. The van der Waals surface area contributed by atoms with Crippen molar-refractivity contribution in [2.75, 3.05) is 13.2 Å². The van der Waals surface area contributed by atoms with Gasteiger partial charge in [-0.3, -0.25) is 9.79 Å². The first kappa shape index (κ1) is 18.1. The van der Waals surface area contributed by atoms with E-state index in [1.165, 1.54) is 6.20 Å². The standard InChI is InChI=1S/C17H25N3O2/c1-5-18-13(3)10-19-14(4)17(22)20-16(11-21)15-8-6-7-12(2)9-15/h5-9,14,16,19,21H,1,10-11H2,2-4H3,(H,20,22)/t14-,16-/m1/s1. The smallest absolute Gasteiger partial charge is 0.237 e. The van der Waals surface area contributed by atoms with Gasteiger partial charge in [0.05, 0.1) is 18.7 Å². The Hall–Kier alpha value is -1.98. The summed E-state index contributed by atoms with van der Waals surface area (Å²) >= 11 is 0. The summed E-state index contributed by atoms with van der Waals surface area (Å²) < 4.78 is 0. The molecular weight excluding hydrogens is 278 g/mol. The molecule has 0 radical (unpaired) electrons. The van der Waals surface area contributed by atoms with Gasteiger partial charge in [-0.25, -0.2) is 0 Å². The lowest BCUT2D eigenvalue weighted by atomic mass is 10.0. The van der Waals surface area contributed by atoms with Crippen LogP contribution in [0.15, 0.2) is 42.0 Å². The number of aliphatic imine (C=N–C) groups is 1. The third-order valence-corrected chi connectivity index (χ3v) is 3.31. The van der Waals surface area contributed by atoms with Crippen molar-refractivity contribution >= 4 is 11.6 Å². The Morgan fingerprint density at radius 1 is 1.50 bits per heavy atom. The maximum absolute atomic E-state index is 12.2. The SMILES string of the molecule is C=CN=C(C)CN[C@H](C)C(=O)N[C@H](CO)c1cccc(C)c1. The summed E-state index contributed by atoms with van der Waals surface area (Å²) in [5.41, 5.74) is 2.84. The van der Waals surface area contributed by atoms with Crippen LogP contribution in [0.4, 0.5) is 0 Å². The highest BCUT2D eigenvalue weighted by Crippen LogP contribution is 2.14. The number of nitrogens with one attached hydrogen (secondary N) is 2. The van der Waals surface area contributed by atoms with Crippen molar-refractivity contribution in [3.8, 4) is 0 Å². The van der Waals surface area contributed by atoms with E-state index in [1.807, 2.05) is 38.1 Å². The van der Waals surface area contributed by atoms with E-state index in [4.69, 9.17) is 0 Å². The zero-order valence-electron chi connectivity index (χ0n) is 13.5. The third-order valence-electron chi connectivity index (χ3n) is 3.31. The van der Waals surface area contributed by atoms with Crippen LogP contribution in [-0.2, 0) is 4.79 Å². The van der Waals surface area contributed by atoms with Crippen molar-refractivity contribution in [2.24, 2.45) is 4.99 Å². The number of hydrogen-bond donors (Lipinski definition) is 3. The molecule has 0 unspecified atom stereocenters. The van der Waals surface area contributed by atoms with Gasteiger partial charge in [-0.15, -0.1) is 0 Å². The van der Waals surface area contributed by atoms with E-state index in [2.05, 4.69) is 22.2 Å². The fraction of sp³-hybridized carbons (Fsp3) is 0.412. The Morgan fingerprint density at radius 2 is 2.23 bits per heavy atom. The molecule has 5 nitrogen and oxygen atoms in total. The highest BCUT2D eigenvalue weighted by atomic mass is 16.3. The Kier molecular flexibility index (Phi) is 7.49. The lowest BCUT2D eigenvalue weighted by Gasteiger charge is -2.20. The number of hydrogen-bond acceptors (Lipinski definition) is 4. The molecule has 1 aromatic carbocycles. The monoisotopic (exact) mass is 303 g/mol. The minimum Gasteiger partial charge on any atom is -0.394 e. The van der Waals surface area contributed by atoms with Gasteiger partial charge < -0.3 is 15.7 Å². The Bertz CT molecular complexity index is 540. The normalized spacial score (nSPS) is 14.3. The van der Waals surface area contributed by atoms with Gasteiger partial charge >= 0.3 is 0 Å². The molecule has 0 aliphatic heterocycles. The second-order valence-corrected chi connectivity index (χ2v) is 5.31. The summed E-state index contributed by atoms with van der Waals surface area (Å²) in [5, 5.41) is 15.5. The molecule has 1 aromatic rings. The van der Waals surface area contributed by atoms with E-state index < -0.39 is 6.04 Å². The largest absolute Gasteiger partial charge is 0.394 e. The van der Waals surface area contributed by atoms with E-state index >= 15 is 0 Å². The Labute approximate surface area is 132 Å². The molecule has 2 atom stereocenters. The molecule has 22 heavy (non-hydrogen) atoms. The lowest BCUT2D eigenvalue weighted by molar-refractivity contribution is -0.123. The van der Waals surface area contributed by atoms with Crippen LogP contribution in [-0.4, -0.2) is 35.9 Å². The number of carbonyl (C=O) groups is 1. The topological polar surface area (TPSA) is 73.7 Å². The van der Waals surface area contributed by atoms with Crippen molar-refractivity contribution in [3.05, 3.63) is 48.2 Å². The number of benzene rings is 1. The minimum atomic E-state index is -0.403. The average molecular weight is 303 g/mol. The van der Waals surface area contributed by atoms with E-state index in [0.717, 1.165) is 16.8 Å². The maximum atomic E-state index is 12.2. The molecule has 5 heteroatoms. The molecule has 0 fully saturated rings. The molecule has 3 N–H and O–H groups in total. The second-order valence-electron chi connectivity index (χ2n) is 5.31. The Balaban J connectivity index is 2.61. The molecule has 0 bridgehead atoms. The summed E-state index contributed by atoms with van der Waals surface area (Å²) in [6.07, 6.45) is 1.47. The average Bonchev–Trinajstić information content (AvgIpc) is 2.50. The van der Waals surface area contributed by atoms with E-state index in [1.54, 1.807) is 6.92 Å². The van der Waals surface area contributed by atoms with Crippen LogP contribution in [0.3, 0.4) is 0 Å². The lowest BCUT2D eigenvalue weighted by Crippen LogP contribution is -2.45. The number of aliphatic hydroxyl groups is 1. The number of aliphatic hydroxyl groups excluding tert-OH is 1. The number of amides is 1. The fourth-order valence-electron chi connectivity index (χ4n) is 2.01. The quantitative estimate of drug-likeness (QED) is 0.640. The van der Waals surface area contributed by atoms with Crippen LogP contribution < -0.4 is 10.6 Å². The third kappa shape index (κ3) is 5.79. The van der Waals surface area contributed by atoms with Gasteiger partial charge in [0.2, 0.25) is 5.91 Å². The molecule has 0 saturated heterocycles. The summed E-state index contributed by atoms with van der Waals surface area (Å²) in [6, 6.07) is 6.96. The van der Waals surface area contributed by atoms with E-state index in [-0.39, 0.29) is 18.6 Å². The molecule has 1 amide bonds. The number of rotatable bonds is 8. The second kappa shape index (κ2) is 9.12. The summed E-state index contributed by atoms with van der Waals surface area (Å²) in [5.74, 6) is -0.160. The van der Waals surface area contributed by atoms with Crippen LogP contribution in [0, 0.1) is 6.92 Å². The molecule has 1 rings (SSSR count). The van der Waals surface area contributed by atoms with E-state index in [0.29, 0.717) is 6.54 Å². The summed E-state index contributed by atoms with van der Waals surface area (Å²) in [6.45, 7) is 9.52. The molecular formula is C17H25N3O2. The van der Waals surface area contributed by atoms with Crippen molar-refractivity contribution < 1.29 is 9.90 Å². The predicted octanol–water partition coefficient (Wildman–Crippen LogP) is 1.73. The van der Waals surface area contributed by atoms with Crippen molar-refractivity contribution in [1.29, 1.82) is 0 Å². The molecule has 0 heterocycles. The van der Waals surface area contributed by atoms with Crippen LogP contribution in [0.1, 0.15) is 31.0 Å². The fourth-order valence-corrected chi connectivity index (χ4v) is 2.01. The molecule has 0 spiro atoms. The summed E-state index contributed by atoms with van der Waals surface area (Å²) in [7, 11) is 0. The number of carbonyl (C=O) groups excluding carboxylic acids is 1. The molecule has 0 aliphatic carbocycles. The first-order valence-electron chi connectivity index (χ1n) is 7.33. The van der Waals surface area contributed by atoms with Crippen LogP contribution in [0.2, 0.25) is 0 Å². The number of nitrogens with zero attached hydrogens (tertiary/aromatic N) is 1. The van der Waals surface area contributed by atoms with Crippen molar-refractivity contribution in [2.45, 2.75) is 32.9 Å². The first-order chi connectivity index (χ1) is 10.5. The van der Waals surface area contributed by atoms with Gasteiger partial charge in [0, 0.05) is 18.5 Å². The van der Waals surface area contributed by atoms with Gasteiger partial charge in [-0.2, -0.15) is 0 Å². The van der Waals surface area contributed by atoms with Gasteiger partial charge in [0.1, 0.15) is 0 Å². The minimum absolute atomic E-state index is 0.140. The molecule has 120 valence electrons. The van der Waals surface area contributed by atoms with Crippen molar-refractivity contribution in [1.82, 2.24) is 10.6 Å². The van der Waals surface area contributed by atoms with Crippen LogP contribution in [0.25, 0.3) is 0 Å². The van der Waals surface area contributed by atoms with Gasteiger partial charge in [0.15, 0.2) is 0 Å². The van der Waals surface area contributed by atoms with Gasteiger partial charge in [-0.1, -0.05) is 36.4 Å². The van der Waals surface area contributed by atoms with E-state index in [9.17, 15) is 9.90 Å². The van der Waals surface area contributed by atoms with Crippen LogP contribution >= 0.6 is 0 Å². The number of aryl methyl sites for hydroxylation is 1. The highest BCUT2D eigenvalue weighted by molar-refractivity contribution is 5.86. The van der Waals surface area contributed by atoms with Gasteiger partial charge in [-0.05, 0) is 26.3 Å². The van der Waals surface area contributed by atoms with Crippen molar-refractivity contribution in [3.63, 3.8) is 0 Å². The first-order valence-corrected chi connectivity index (χ1v) is 7.33. The zero-order valence-corrected chi connectivity index (χ0v) is 13.5. The van der Waals surface area contributed by atoms with Crippen LogP contribution in [0.5, 0.6) is 0 Å². The maximum Gasteiger partial charge on any atom is 0.237 e.